The summed E-state index contributed by atoms with van der Waals surface area (Å²) in [4.78, 5) is 5.27. The molecular formula is C11H17N3OS. The van der Waals surface area contributed by atoms with Crippen molar-refractivity contribution < 1.29 is 5.11 Å². The molecule has 0 spiro atoms. The van der Waals surface area contributed by atoms with Crippen LogP contribution in [0.4, 0.5) is 0 Å². The second-order valence-electron chi connectivity index (χ2n) is 4.12. The highest BCUT2D eigenvalue weighted by molar-refractivity contribution is 7.10. The number of nitrogens with one attached hydrogen (secondary N) is 2. The van der Waals surface area contributed by atoms with Crippen LogP contribution in [0.5, 0.6) is 0 Å². The molecule has 16 heavy (non-hydrogen) atoms. The number of thiophene rings is 1. The predicted molar refractivity (Wildman–Crippen MR) is 66.8 cm³/mol. The lowest BCUT2D eigenvalue weighted by molar-refractivity contribution is 0.0655. The molecule has 1 aromatic rings. The normalized spacial score (nSPS) is 19.5. The molecule has 2 heterocycles. The lowest BCUT2D eigenvalue weighted by Gasteiger charge is -2.24. The first-order valence-electron chi connectivity index (χ1n) is 5.47. The van der Waals surface area contributed by atoms with Crippen LogP contribution in [0.25, 0.3) is 0 Å². The molecular weight excluding hydrogens is 222 g/mol. The van der Waals surface area contributed by atoms with Gasteiger partial charge in [-0.2, -0.15) is 0 Å². The molecule has 1 aromatic heterocycles. The highest BCUT2D eigenvalue weighted by atomic mass is 32.1. The van der Waals surface area contributed by atoms with Crippen LogP contribution in [0.1, 0.15) is 18.2 Å². The van der Waals surface area contributed by atoms with Gasteiger partial charge in [0.1, 0.15) is 5.60 Å². The van der Waals surface area contributed by atoms with Gasteiger partial charge in [-0.25, -0.2) is 0 Å². The zero-order valence-electron chi connectivity index (χ0n) is 9.36. The van der Waals surface area contributed by atoms with Gasteiger partial charge < -0.3 is 15.7 Å². The van der Waals surface area contributed by atoms with Gasteiger partial charge in [0.15, 0.2) is 5.96 Å². The number of aliphatic imine (C=N–C) groups is 1. The molecule has 4 nitrogen and oxygen atoms in total. The monoisotopic (exact) mass is 239 g/mol. The number of nitrogens with zero attached hydrogens (tertiary/aromatic N) is 1. The summed E-state index contributed by atoms with van der Waals surface area (Å²) in [5.41, 5.74) is -0.837. The van der Waals surface area contributed by atoms with Crippen molar-refractivity contribution in [3.05, 3.63) is 22.4 Å². The van der Waals surface area contributed by atoms with Crippen LogP contribution in [-0.2, 0) is 5.60 Å². The van der Waals surface area contributed by atoms with Crippen LogP contribution in [-0.4, -0.2) is 30.7 Å². The van der Waals surface area contributed by atoms with E-state index < -0.39 is 5.60 Å². The van der Waals surface area contributed by atoms with Crippen molar-refractivity contribution in [2.75, 3.05) is 19.6 Å². The van der Waals surface area contributed by atoms with Gasteiger partial charge in [0.2, 0.25) is 0 Å². The van der Waals surface area contributed by atoms with Gasteiger partial charge in [0, 0.05) is 18.0 Å². The quantitative estimate of drug-likeness (QED) is 0.734. The standard InChI is InChI=1S/C11H17N3OS/c1-11(15,9-4-2-7-16-9)8-14-10-12-5-3-6-13-10/h2,4,7,15H,3,5-6,8H2,1H3,(H2,12,13,14). The first kappa shape index (κ1) is 11.4. The van der Waals surface area contributed by atoms with Crippen molar-refractivity contribution in [1.82, 2.24) is 10.6 Å². The molecule has 0 amide bonds. The minimum Gasteiger partial charge on any atom is -0.383 e. The maximum Gasteiger partial charge on any atom is 0.191 e. The smallest absolute Gasteiger partial charge is 0.191 e. The van der Waals surface area contributed by atoms with E-state index in [1.807, 2.05) is 24.4 Å². The minimum atomic E-state index is -0.837. The van der Waals surface area contributed by atoms with E-state index in [2.05, 4.69) is 15.6 Å². The molecule has 0 aromatic carbocycles. The summed E-state index contributed by atoms with van der Waals surface area (Å²) in [5.74, 6) is 0.795. The maximum atomic E-state index is 10.3. The summed E-state index contributed by atoms with van der Waals surface area (Å²) in [7, 11) is 0. The van der Waals surface area contributed by atoms with Gasteiger partial charge in [-0.1, -0.05) is 6.07 Å². The van der Waals surface area contributed by atoms with E-state index >= 15 is 0 Å². The average molecular weight is 239 g/mol. The van der Waals surface area contributed by atoms with Crippen molar-refractivity contribution in [3.63, 3.8) is 0 Å². The lowest BCUT2D eigenvalue weighted by Crippen LogP contribution is -2.46. The highest BCUT2D eigenvalue weighted by Crippen LogP contribution is 2.24. The molecule has 1 atom stereocenters. The third-order valence-corrected chi connectivity index (χ3v) is 3.67. The number of aliphatic hydroxyl groups is 1. The summed E-state index contributed by atoms with van der Waals surface area (Å²) in [5, 5.41) is 18.6. The average Bonchev–Trinajstić information content (AvgIpc) is 2.82. The number of guanidine groups is 1. The Hall–Kier alpha value is -1.07. The van der Waals surface area contributed by atoms with Crippen molar-refractivity contribution in [3.8, 4) is 0 Å². The molecule has 1 aliphatic heterocycles. The van der Waals surface area contributed by atoms with Crippen LogP contribution in [0.3, 0.4) is 0 Å². The predicted octanol–water partition coefficient (Wildman–Crippen LogP) is 0.894. The maximum absolute atomic E-state index is 10.3. The largest absolute Gasteiger partial charge is 0.383 e. The third kappa shape index (κ3) is 2.74. The van der Waals surface area contributed by atoms with Crippen molar-refractivity contribution >= 4 is 17.3 Å². The Balaban J connectivity index is 1.91. The molecule has 0 radical (unpaired) electrons. The van der Waals surface area contributed by atoms with Gasteiger partial charge in [-0.15, -0.1) is 11.3 Å². The lowest BCUT2D eigenvalue weighted by atomic mass is 10.1. The van der Waals surface area contributed by atoms with Crippen molar-refractivity contribution in [1.29, 1.82) is 0 Å². The van der Waals surface area contributed by atoms with Crippen LogP contribution in [0.15, 0.2) is 22.5 Å². The van der Waals surface area contributed by atoms with Crippen LogP contribution < -0.4 is 10.6 Å². The van der Waals surface area contributed by atoms with Gasteiger partial charge in [-0.3, -0.25) is 4.99 Å². The summed E-state index contributed by atoms with van der Waals surface area (Å²) in [6, 6.07) is 3.90. The molecule has 1 aliphatic rings. The Morgan fingerprint density at radius 1 is 1.69 bits per heavy atom. The summed E-state index contributed by atoms with van der Waals surface area (Å²) < 4.78 is 0. The number of rotatable bonds is 3. The minimum absolute atomic E-state index is 0.472. The third-order valence-electron chi connectivity index (χ3n) is 2.55. The van der Waals surface area contributed by atoms with E-state index in [-0.39, 0.29) is 0 Å². The molecule has 5 heteroatoms. The SMILES string of the molecule is CC(O)(CNC1=NCCCN1)c1cccs1. The van der Waals surface area contributed by atoms with E-state index in [0.29, 0.717) is 6.54 Å². The topological polar surface area (TPSA) is 56.6 Å². The van der Waals surface area contributed by atoms with E-state index in [1.54, 1.807) is 11.3 Å². The molecule has 0 saturated heterocycles. The Kier molecular flexibility index (Phi) is 3.46. The highest BCUT2D eigenvalue weighted by Gasteiger charge is 2.24. The van der Waals surface area contributed by atoms with E-state index in [4.69, 9.17) is 0 Å². The first-order valence-corrected chi connectivity index (χ1v) is 6.35. The Morgan fingerprint density at radius 3 is 3.19 bits per heavy atom. The van der Waals surface area contributed by atoms with Crippen LogP contribution in [0, 0.1) is 0 Å². The molecule has 0 saturated carbocycles. The van der Waals surface area contributed by atoms with Gasteiger partial charge in [-0.05, 0) is 24.8 Å². The number of hydrogen-bond donors (Lipinski definition) is 3. The van der Waals surface area contributed by atoms with Gasteiger partial charge in [0.25, 0.3) is 0 Å². The van der Waals surface area contributed by atoms with Crippen molar-refractivity contribution in [2.24, 2.45) is 4.99 Å². The Morgan fingerprint density at radius 2 is 2.56 bits per heavy atom. The van der Waals surface area contributed by atoms with Crippen LogP contribution in [0.2, 0.25) is 0 Å². The zero-order valence-corrected chi connectivity index (χ0v) is 10.2. The Bertz CT molecular complexity index is 359. The van der Waals surface area contributed by atoms with Gasteiger partial charge >= 0.3 is 0 Å². The van der Waals surface area contributed by atoms with E-state index in [9.17, 15) is 5.11 Å². The first-order chi connectivity index (χ1) is 7.68. The van der Waals surface area contributed by atoms with Crippen molar-refractivity contribution in [2.45, 2.75) is 18.9 Å². The second-order valence-corrected chi connectivity index (χ2v) is 5.06. The van der Waals surface area contributed by atoms with E-state index in [0.717, 1.165) is 30.3 Å². The Labute approximate surface area is 99.4 Å². The summed E-state index contributed by atoms with van der Waals surface area (Å²) >= 11 is 1.57. The molecule has 1 unspecified atom stereocenters. The zero-order chi connectivity index (χ0) is 11.4. The fraction of sp³-hybridized carbons (Fsp3) is 0.545. The fourth-order valence-electron chi connectivity index (χ4n) is 1.58. The van der Waals surface area contributed by atoms with Crippen LogP contribution >= 0.6 is 11.3 Å². The molecule has 0 bridgehead atoms. The fourth-order valence-corrected chi connectivity index (χ4v) is 2.37. The molecule has 88 valence electrons. The van der Waals surface area contributed by atoms with E-state index in [1.165, 1.54) is 0 Å². The summed E-state index contributed by atoms with van der Waals surface area (Å²) in [6.45, 7) is 4.10. The molecule has 2 rings (SSSR count). The number of hydrogen-bond acceptors (Lipinski definition) is 5. The molecule has 3 N–H and O–H groups in total. The second kappa shape index (κ2) is 4.84. The molecule has 0 aliphatic carbocycles. The summed E-state index contributed by atoms with van der Waals surface area (Å²) in [6.07, 6.45) is 1.08. The molecule has 0 fully saturated rings. The van der Waals surface area contributed by atoms with Gasteiger partial charge in [0.05, 0.1) is 6.54 Å².